The fraction of sp³-hybridized carbons (Fsp3) is 0.929. The van der Waals surface area contributed by atoms with Crippen molar-refractivity contribution in [3.8, 4) is 0 Å². The Balaban J connectivity index is 1.88. The predicted molar refractivity (Wildman–Crippen MR) is 80.3 cm³/mol. The molecule has 0 saturated carbocycles. The van der Waals surface area contributed by atoms with E-state index in [0.717, 1.165) is 32.4 Å². The first-order valence-electron chi connectivity index (χ1n) is 7.72. The van der Waals surface area contributed by atoms with Gasteiger partial charge in [0, 0.05) is 19.5 Å². The zero-order chi connectivity index (χ0) is 15.6. The Kier molecular flexibility index (Phi) is 5.27. The van der Waals surface area contributed by atoms with E-state index in [0.29, 0.717) is 6.54 Å². The highest BCUT2D eigenvalue weighted by molar-refractivity contribution is 7.90. The molecular weight excluding hydrogens is 292 g/mol. The number of esters is 1. The van der Waals surface area contributed by atoms with Gasteiger partial charge in [-0.1, -0.05) is 0 Å². The average Bonchev–Trinajstić information content (AvgIpc) is 2.76. The Labute approximate surface area is 127 Å². The van der Waals surface area contributed by atoms with Gasteiger partial charge in [-0.3, -0.25) is 9.69 Å². The Morgan fingerprint density at radius 3 is 2.71 bits per heavy atom. The Hall–Kier alpha value is -0.660. The number of sulfonamides is 1. The minimum atomic E-state index is -3.21. The van der Waals surface area contributed by atoms with Crippen LogP contribution in [-0.2, 0) is 19.6 Å². The maximum absolute atomic E-state index is 11.8. The number of hydrogen-bond donors (Lipinski definition) is 1. The highest BCUT2D eigenvalue weighted by atomic mass is 32.2. The molecule has 0 aromatic carbocycles. The quantitative estimate of drug-likeness (QED) is 0.756. The molecule has 1 N–H and O–H groups in total. The van der Waals surface area contributed by atoms with E-state index in [-0.39, 0.29) is 24.0 Å². The van der Waals surface area contributed by atoms with Crippen LogP contribution in [0.1, 0.15) is 40.0 Å². The number of piperidine rings is 1. The van der Waals surface area contributed by atoms with Crippen molar-refractivity contribution in [1.29, 1.82) is 0 Å². The van der Waals surface area contributed by atoms with Crippen molar-refractivity contribution in [2.24, 2.45) is 5.92 Å². The standard InChI is InChI=1S/C14H26N2O4S/c1-10(2)21(18,19)15-8-12-5-4-6-16(9-12)13-7-11(3)20-14(13)17/h10-13,15H,4-9H2,1-3H3/t11-,12+,13+/m1/s1. The third-order valence-electron chi connectivity index (χ3n) is 4.33. The van der Waals surface area contributed by atoms with Crippen molar-refractivity contribution in [2.75, 3.05) is 19.6 Å². The van der Waals surface area contributed by atoms with Crippen molar-refractivity contribution >= 4 is 16.0 Å². The molecular formula is C14H26N2O4S. The smallest absolute Gasteiger partial charge is 0.323 e. The van der Waals surface area contributed by atoms with Gasteiger partial charge in [0.05, 0.1) is 5.25 Å². The molecule has 2 aliphatic rings. The molecule has 0 bridgehead atoms. The van der Waals surface area contributed by atoms with Gasteiger partial charge >= 0.3 is 5.97 Å². The van der Waals surface area contributed by atoms with E-state index >= 15 is 0 Å². The van der Waals surface area contributed by atoms with Crippen LogP contribution in [0.3, 0.4) is 0 Å². The lowest BCUT2D eigenvalue weighted by molar-refractivity contribution is -0.145. The molecule has 7 heteroatoms. The number of likely N-dealkylation sites (tertiary alicyclic amines) is 1. The van der Waals surface area contributed by atoms with Gasteiger partial charge < -0.3 is 4.74 Å². The maximum Gasteiger partial charge on any atom is 0.323 e. The topological polar surface area (TPSA) is 75.7 Å². The van der Waals surface area contributed by atoms with Crippen LogP contribution in [0.15, 0.2) is 0 Å². The van der Waals surface area contributed by atoms with E-state index < -0.39 is 15.3 Å². The van der Waals surface area contributed by atoms with E-state index in [1.54, 1.807) is 13.8 Å². The van der Waals surface area contributed by atoms with Crippen LogP contribution < -0.4 is 4.72 Å². The number of cyclic esters (lactones) is 1. The van der Waals surface area contributed by atoms with Gasteiger partial charge in [-0.2, -0.15) is 0 Å². The molecule has 3 atom stereocenters. The van der Waals surface area contributed by atoms with Crippen molar-refractivity contribution in [1.82, 2.24) is 9.62 Å². The van der Waals surface area contributed by atoms with Crippen molar-refractivity contribution in [2.45, 2.75) is 57.4 Å². The molecule has 6 nitrogen and oxygen atoms in total. The van der Waals surface area contributed by atoms with Gasteiger partial charge in [0.25, 0.3) is 0 Å². The first-order valence-corrected chi connectivity index (χ1v) is 9.27. The maximum atomic E-state index is 11.8. The van der Waals surface area contributed by atoms with Crippen molar-refractivity contribution in [3.63, 3.8) is 0 Å². The summed E-state index contributed by atoms with van der Waals surface area (Å²) in [5.41, 5.74) is 0. The summed E-state index contributed by atoms with van der Waals surface area (Å²) in [5.74, 6) is 0.127. The van der Waals surface area contributed by atoms with Crippen LogP contribution in [0.5, 0.6) is 0 Å². The molecule has 0 unspecified atom stereocenters. The molecule has 2 saturated heterocycles. The molecule has 2 fully saturated rings. The SMILES string of the molecule is CC(C)S(=O)(=O)NC[C@@H]1CCCN([C@H]2C[C@@H](C)OC2=O)C1. The zero-order valence-electron chi connectivity index (χ0n) is 13.0. The molecule has 0 aromatic rings. The van der Waals surface area contributed by atoms with Gasteiger partial charge in [-0.05, 0) is 46.1 Å². The Bertz CT molecular complexity index is 477. The first-order chi connectivity index (χ1) is 9.79. The first kappa shape index (κ1) is 16.7. The van der Waals surface area contributed by atoms with Crippen molar-refractivity contribution < 1.29 is 17.9 Å². The molecule has 0 spiro atoms. The van der Waals surface area contributed by atoms with Gasteiger partial charge in [0.1, 0.15) is 12.1 Å². The minimum Gasteiger partial charge on any atom is -0.461 e. The molecule has 2 heterocycles. The monoisotopic (exact) mass is 318 g/mol. The second-order valence-corrected chi connectivity index (χ2v) is 8.77. The number of hydrogen-bond acceptors (Lipinski definition) is 5. The van der Waals surface area contributed by atoms with Gasteiger partial charge in [0.15, 0.2) is 0 Å². The summed E-state index contributed by atoms with van der Waals surface area (Å²) < 4.78 is 31.5. The van der Waals surface area contributed by atoms with E-state index in [4.69, 9.17) is 4.74 Å². The normalized spacial score (nSPS) is 31.6. The second-order valence-electron chi connectivity index (χ2n) is 6.44. The summed E-state index contributed by atoms with van der Waals surface area (Å²) in [4.78, 5) is 14.0. The van der Waals surface area contributed by atoms with E-state index in [1.807, 2.05) is 6.92 Å². The van der Waals surface area contributed by atoms with Crippen molar-refractivity contribution in [3.05, 3.63) is 0 Å². The van der Waals surface area contributed by atoms with Crippen LogP contribution in [0.2, 0.25) is 0 Å². The summed E-state index contributed by atoms with van der Waals surface area (Å²) in [6.45, 7) is 7.36. The number of carbonyl (C=O) groups is 1. The largest absolute Gasteiger partial charge is 0.461 e. The summed E-state index contributed by atoms with van der Waals surface area (Å²) in [7, 11) is -3.21. The molecule has 2 rings (SSSR count). The average molecular weight is 318 g/mol. The van der Waals surface area contributed by atoms with Gasteiger partial charge in [0.2, 0.25) is 10.0 Å². The molecule has 2 aliphatic heterocycles. The van der Waals surface area contributed by atoms with Crippen LogP contribution in [-0.4, -0.2) is 56.3 Å². The lowest BCUT2D eigenvalue weighted by atomic mass is 9.96. The summed E-state index contributed by atoms with van der Waals surface area (Å²) in [5, 5.41) is -0.414. The summed E-state index contributed by atoms with van der Waals surface area (Å²) in [6, 6.07) is -0.149. The highest BCUT2D eigenvalue weighted by Crippen LogP contribution is 2.25. The van der Waals surface area contributed by atoms with Crippen LogP contribution >= 0.6 is 0 Å². The molecule has 21 heavy (non-hydrogen) atoms. The lowest BCUT2D eigenvalue weighted by Gasteiger charge is -2.35. The third kappa shape index (κ3) is 4.17. The highest BCUT2D eigenvalue weighted by Gasteiger charge is 2.38. The summed E-state index contributed by atoms with van der Waals surface area (Å²) >= 11 is 0. The van der Waals surface area contributed by atoms with Crippen LogP contribution in [0.4, 0.5) is 0 Å². The van der Waals surface area contributed by atoms with E-state index in [1.165, 1.54) is 0 Å². The molecule has 122 valence electrons. The summed E-state index contributed by atoms with van der Waals surface area (Å²) in [6.07, 6.45) is 2.71. The molecule has 0 radical (unpaired) electrons. The van der Waals surface area contributed by atoms with E-state index in [9.17, 15) is 13.2 Å². The number of nitrogens with one attached hydrogen (secondary N) is 1. The fourth-order valence-corrected chi connectivity index (χ4v) is 3.78. The van der Waals surface area contributed by atoms with Gasteiger partial charge in [-0.15, -0.1) is 0 Å². The molecule has 0 amide bonds. The molecule has 0 aromatic heterocycles. The third-order valence-corrected chi connectivity index (χ3v) is 6.14. The Morgan fingerprint density at radius 2 is 2.14 bits per heavy atom. The minimum absolute atomic E-state index is 0.0117. The zero-order valence-corrected chi connectivity index (χ0v) is 13.9. The van der Waals surface area contributed by atoms with Crippen LogP contribution in [0, 0.1) is 5.92 Å². The van der Waals surface area contributed by atoms with Crippen LogP contribution in [0.25, 0.3) is 0 Å². The number of nitrogens with zero attached hydrogens (tertiary/aromatic N) is 1. The van der Waals surface area contributed by atoms with Gasteiger partial charge in [-0.25, -0.2) is 13.1 Å². The fourth-order valence-electron chi connectivity index (χ4n) is 2.98. The number of carbonyl (C=O) groups excluding carboxylic acids is 1. The molecule has 0 aliphatic carbocycles. The number of rotatable bonds is 5. The number of ether oxygens (including phenoxy) is 1. The predicted octanol–water partition coefficient (Wildman–Crippen LogP) is 0.730. The second kappa shape index (κ2) is 6.62. The lowest BCUT2D eigenvalue weighted by Crippen LogP contribution is -2.47. The van der Waals surface area contributed by atoms with E-state index in [2.05, 4.69) is 9.62 Å². The Morgan fingerprint density at radius 1 is 1.43 bits per heavy atom.